The van der Waals surface area contributed by atoms with Crippen molar-refractivity contribution in [1.82, 2.24) is 0 Å². The zero-order valence-electron chi connectivity index (χ0n) is 7.36. The average molecular weight is 193 g/mol. The van der Waals surface area contributed by atoms with E-state index in [9.17, 15) is 0 Å². The van der Waals surface area contributed by atoms with Crippen molar-refractivity contribution in [2.45, 2.75) is 13.0 Å². The van der Waals surface area contributed by atoms with Gasteiger partial charge in [-0.15, -0.1) is 11.3 Å². The summed E-state index contributed by atoms with van der Waals surface area (Å²) in [6.07, 6.45) is 3.35. The van der Waals surface area contributed by atoms with E-state index in [-0.39, 0.29) is 6.04 Å². The van der Waals surface area contributed by atoms with Crippen molar-refractivity contribution in [2.24, 2.45) is 5.73 Å². The topological polar surface area (TPSA) is 39.2 Å². The Morgan fingerprint density at radius 2 is 2.31 bits per heavy atom. The van der Waals surface area contributed by atoms with Gasteiger partial charge >= 0.3 is 0 Å². The van der Waals surface area contributed by atoms with Gasteiger partial charge in [0.15, 0.2) is 0 Å². The first-order valence-electron chi connectivity index (χ1n) is 4.10. The molecule has 13 heavy (non-hydrogen) atoms. The highest BCUT2D eigenvalue weighted by molar-refractivity contribution is 7.10. The summed E-state index contributed by atoms with van der Waals surface area (Å²) in [5.74, 6) is 0. The molecule has 2 N–H and O–H groups in total. The Bertz CT molecular complexity index is 377. The van der Waals surface area contributed by atoms with E-state index in [0.29, 0.717) is 0 Å². The molecule has 2 rings (SSSR count). The second-order valence-corrected chi connectivity index (χ2v) is 3.95. The second kappa shape index (κ2) is 3.36. The summed E-state index contributed by atoms with van der Waals surface area (Å²) in [6.45, 7) is 2.08. The molecule has 68 valence electrons. The molecule has 0 radical (unpaired) electrons. The number of thiophene rings is 1. The Labute approximate surface area is 81.0 Å². The first-order valence-corrected chi connectivity index (χ1v) is 4.98. The quantitative estimate of drug-likeness (QED) is 0.796. The van der Waals surface area contributed by atoms with Crippen LogP contribution in [0.15, 0.2) is 34.5 Å². The van der Waals surface area contributed by atoms with Crippen LogP contribution in [0.2, 0.25) is 0 Å². The van der Waals surface area contributed by atoms with Gasteiger partial charge in [0.05, 0.1) is 18.6 Å². The minimum Gasteiger partial charge on any atom is -0.472 e. The maximum atomic E-state index is 6.06. The molecule has 0 bridgehead atoms. The smallest absolute Gasteiger partial charge is 0.0954 e. The lowest BCUT2D eigenvalue weighted by atomic mass is 10.1. The molecule has 1 atom stereocenters. The Kier molecular flexibility index (Phi) is 2.20. The Morgan fingerprint density at radius 1 is 1.46 bits per heavy atom. The highest BCUT2D eigenvalue weighted by Crippen LogP contribution is 2.27. The Balaban J connectivity index is 2.33. The predicted octanol–water partition coefficient (Wildman–Crippen LogP) is 2.70. The molecule has 0 fully saturated rings. The lowest BCUT2D eigenvalue weighted by Gasteiger charge is -2.07. The van der Waals surface area contributed by atoms with Gasteiger partial charge in [-0.3, -0.25) is 0 Å². The van der Waals surface area contributed by atoms with Gasteiger partial charge in [-0.1, -0.05) is 0 Å². The summed E-state index contributed by atoms with van der Waals surface area (Å²) < 4.78 is 5.00. The molecule has 0 saturated heterocycles. The maximum Gasteiger partial charge on any atom is 0.0954 e. The average Bonchev–Trinajstić information content (AvgIpc) is 2.72. The van der Waals surface area contributed by atoms with E-state index in [1.807, 2.05) is 6.07 Å². The summed E-state index contributed by atoms with van der Waals surface area (Å²) in [6, 6.07) is 3.95. The molecule has 2 aromatic rings. The van der Waals surface area contributed by atoms with Crippen molar-refractivity contribution in [3.8, 4) is 0 Å². The van der Waals surface area contributed by atoms with Crippen LogP contribution in [-0.2, 0) is 0 Å². The van der Waals surface area contributed by atoms with E-state index < -0.39 is 0 Å². The molecule has 0 aliphatic rings. The fourth-order valence-corrected chi connectivity index (χ4v) is 2.26. The van der Waals surface area contributed by atoms with E-state index in [4.69, 9.17) is 10.2 Å². The normalized spacial score (nSPS) is 13.1. The number of aryl methyl sites for hydroxylation is 1. The van der Waals surface area contributed by atoms with E-state index in [0.717, 1.165) is 5.56 Å². The third-order valence-electron chi connectivity index (χ3n) is 2.09. The highest BCUT2D eigenvalue weighted by Gasteiger charge is 2.13. The lowest BCUT2D eigenvalue weighted by Crippen LogP contribution is -2.09. The molecule has 2 nitrogen and oxygen atoms in total. The fraction of sp³-hybridized carbons (Fsp3) is 0.200. The van der Waals surface area contributed by atoms with Crippen molar-refractivity contribution in [1.29, 1.82) is 0 Å². The molecule has 0 spiro atoms. The third-order valence-corrected chi connectivity index (χ3v) is 3.19. The summed E-state index contributed by atoms with van der Waals surface area (Å²) in [4.78, 5) is 1.21. The SMILES string of the molecule is Cc1ccsc1C(N)c1ccoc1. The zero-order valence-corrected chi connectivity index (χ0v) is 8.17. The molecule has 0 aliphatic heterocycles. The lowest BCUT2D eigenvalue weighted by molar-refractivity contribution is 0.562. The molecule has 3 heteroatoms. The maximum absolute atomic E-state index is 6.06. The minimum atomic E-state index is -0.0428. The Hall–Kier alpha value is -1.06. The van der Waals surface area contributed by atoms with Gasteiger partial charge in [0.2, 0.25) is 0 Å². The number of hydrogen-bond acceptors (Lipinski definition) is 3. The molecular weight excluding hydrogens is 182 g/mol. The molecule has 0 aromatic carbocycles. The number of nitrogens with two attached hydrogens (primary N) is 1. The summed E-state index contributed by atoms with van der Waals surface area (Å²) in [5.41, 5.74) is 8.34. The van der Waals surface area contributed by atoms with Crippen LogP contribution in [-0.4, -0.2) is 0 Å². The Morgan fingerprint density at radius 3 is 2.85 bits per heavy atom. The largest absolute Gasteiger partial charge is 0.472 e. The van der Waals surface area contributed by atoms with Gasteiger partial charge in [0.25, 0.3) is 0 Å². The fourth-order valence-electron chi connectivity index (χ4n) is 1.31. The second-order valence-electron chi connectivity index (χ2n) is 3.00. The van der Waals surface area contributed by atoms with Crippen LogP contribution in [0.1, 0.15) is 22.0 Å². The summed E-state index contributed by atoms with van der Waals surface area (Å²) >= 11 is 1.69. The van der Waals surface area contributed by atoms with E-state index in [2.05, 4.69) is 18.4 Å². The summed E-state index contributed by atoms with van der Waals surface area (Å²) in [7, 11) is 0. The van der Waals surface area contributed by atoms with Crippen molar-refractivity contribution in [3.63, 3.8) is 0 Å². The third kappa shape index (κ3) is 1.53. The molecular formula is C10H11NOS. The van der Waals surface area contributed by atoms with Gasteiger partial charge in [-0.25, -0.2) is 0 Å². The zero-order chi connectivity index (χ0) is 9.26. The van der Waals surface area contributed by atoms with Gasteiger partial charge in [-0.2, -0.15) is 0 Å². The van der Waals surface area contributed by atoms with Gasteiger partial charge in [0.1, 0.15) is 0 Å². The van der Waals surface area contributed by atoms with Crippen LogP contribution in [0, 0.1) is 6.92 Å². The molecule has 0 amide bonds. The molecule has 2 aromatic heterocycles. The van der Waals surface area contributed by atoms with Gasteiger partial charge < -0.3 is 10.2 Å². The van der Waals surface area contributed by atoms with E-state index in [1.165, 1.54) is 10.4 Å². The standard InChI is InChI=1S/C10H11NOS/c1-7-3-5-13-10(7)9(11)8-2-4-12-6-8/h2-6,9H,11H2,1H3. The van der Waals surface area contributed by atoms with Crippen molar-refractivity contribution >= 4 is 11.3 Å². The predicted molar refractivity (Wildman–Crippen MR) is 53.8 cm³/mol. The van der Waals surface area contributed by atoms with Gasteiger partial charge in [0, 0.05) is 10.4 Å². The molecule has 0 aliphatic carbocycles. The van der Waals surface area contributed by atoms with Crippen LogP contribution >= 0.6 is 11.3 Å². The van der Waals surface area contributed by atoms with Crippen LogP contribution < -0.4 is 5.73 Å². The first kappa shape index (κ1) is 8.53. The van der Waals surface area contributed by atoms with Crippen molar-refractivity contribution in [3.05, 3.63) is 46.0 Å². The molecule has 0 saturated carbocycles. The number of furan rings is 1. The monoisotopic (exact) mass is 193 g/mol. The molecule has 2 heterocycles. The van der Waals surface area contributed by atoms with Crippen LogP contribution in [0.4, 0.5) is 0 Å². The van der Waals surface area contributed by atoms with Crippen LogP contribution in [0.25, 0.3) is 0 Å². The number of rotatable bonds is 2. The molecule has 1 unspecified atom stereocenters. The van der Waals surface area contributed by atoms with Crippen LogP contribution in [0.3, 0.4) is 0 Å². The first-order chi connectivity index (χ1) is 6.29. The summed E-state index contributed by atoms with van der Waals surface area (Å²) in [5, 5.41) is 2.06. The van der Waals surface area contributed by atoms with Gasteiger partial charge in [-0.05, 0) is 30.0 Å². The van der Waals surface area contributed by atoms with Crippen LogP contribution in [0.5, 0.6) is 0 Å². The highest BCUT2D eigenvalue weighted by atomic mass is 32.1. The van der Waals surface area contributed by atoms with E-state index in [1.54, 1.807) is 23.9 Å². The minimum absolute atomic E-state index is 0.0428. The number of hydrogen-bond donors (Lipinski definition) is 1. The van der Waals surface area contributed by atoms with Crippen molar-refractivity contribution < 1.29 is 4.42 Å². The van der Waals surface area contributed by atoms with Crippen molar-refractivity contribution in [2.75, 3.05) is 0 Å². The van der Waals surface area contributed by atoms with E-state index >= 15 is 0 Å².